The van der Waals surface area contributed by atoms with Gasteiger partial charge in [0.15, 0.2) is 0 Å². The van der Waals surface area contributed by atoms with Crippen LogP contribution in [-0.2, 0) is 0 Å². The monoisotopic (exact) mass is 559 g/mol. The van der Waals surface area contributed by atoms with E-state index in [4.69, 9.17) is 11.5 Å². The highest BCUT2D eigenvalue weighted by atomic mass is 79.9. The van der Waals surface area contributed by atoms with Crippen molar-refractivity contribution in [2.45, 2.75) is 50.4 Å². The molecule has 1 fully saturated rings. The first kappa shape index (κ1) is 26.1. The SMILES string of the molecule is Cc1cc(Br)cc([C@@H](CN)NC(=O)c2ccc(-c3nc([C@@H]4CC[C@@H](O)[C@H](F)C4)cnc3N)cc2F)c1. The molecule has 3 aromatic rings. The van der Waals surface area contributed by atoms with Crippen molar-refractivity contribution in [3.63, 3.8) is 0 Å². The molecule has 1 amide bonds. The van der Waals surface area contributed by atoms with E-state index in [0.717, 1.165) is 15.6 Å². The number of hydrogen-bond acceptors (Lipinski definition) is 6. The second-order valence-corrected chi connectivity index (χ2v) is 10.1. The first-order valence-electron chi connectivity index (χ1n) is 11.7. The average Bonchev–Trinajstić information content (AvgIpc) is 2.83. The minimum atomic E-state index is -1.33. The largest absolute Gasteiger partial charge is 0.390 e. The molecular formula is C26H28BrF2N5O2. The summed E-state index contributed by atoms with van der Waals surface area (Å²) in [5.41, 5.74) is 14.7. The van der Waals surface area contributed by atoms with Crippen LogP contribution in [0.15, 0.2) is 47.1 Å². The molecule has 0 bridgehead atoms. The highest BCUT2D eigenvalue weighted by Gasteiger charge is 2.31. The van der Waals surface area contributed by atoms with Gasteiger partial charge in [-0.05, 0) is 61.6 Å². The number of rotatable bonds is 6. The zero-order valence-corrected chi connectivity index (χ0v) is 21.3. The molecule has 1 heterocycles. The number of benzene rings is 2. The van der Waals surface area contributed by atoms with Crippen LogP contribution in [0.3, 0.4) is 0 Å². The van der Waals surface area contributed by atoms with Crippen molar-refractivity contribution in [2.75, 3.05) is 12.3 Å². The Hall–Kier alpha value is -2.95. The Labute approximate surface area is 216 Å². The van der Waals surface area contributed by atoms with Gasteiger partial charge in [0.1, 0.15) is 23.5 Å². The number of aryl methyl sites for hydroxylation is 1. The molecular weight excluding hydrogens is 532 g/mol. The number of nitrogens with two attached hydrogens (primary N) is 2. The van der Waals surface area contributed by atoms with E-state index in [1.54, 1.807) is 6.07 Å². The van der Waals surface area contributed by atoms with Gasteiger partial charge in [-0.15, -0.1) is 0 Å². The van der Waals surface area contributed by atoms with Gasteiger partial charge in [-0.25, -0.2) is 18.7 Å². The van der Waals surface area contributed by atoms with E-state index in [2.05, 4.69) is 31.2 Å². The fraction of sp³-hybridized carbons (Fsp3) is 0.346. The predicted molar refractivity (Wildman–Crippen MR) is 137 cm³/mol. The van der Waals surface area contributed by atoms with Gasteiger partial charge in [-0.1, -0.05) is 28.1 Å². The summed E-state index contributed by atoms with van der Waals surface area (Å²) in [4.78, 5) is 21.6. The van der Waals surface area contributed by atoms with Crippen LogP contribution in [-0.4, -0.2) is 39.8 Å². The van der Waals surface area contributed by atoms with Crippen molar-refractivity contribution < 1.29 is 18.7 Å². The van der Waals surface area contributed by atoms with E-state index in [1.165, 1.54) is 18.3 Å². The number of nitrogens with one attached hydrogen (secondary N) is 1. The zero-order valence-electron chi connectivity index (χ0n) is 19.7. The van der Waals surface area contributed by atoms with Crippen molar-refractivity contribution in [2.24, 2.45) is 5.73 Å². The fourth-order valence-corrected chi connectivity index (χ4v) is 5.14. The normalized spacial score (nSPS) is 20.7. The van der Waals surface area contributed by atoms with Crippen LogP contribution in [0, 0.1) is 12.7 Å². The number of hydrogen-bond donors (Lipinski definition) is 4. The molecule has 190 valence electrons. The molecule has 1 saturated carbocycles. The number of aliphatic hydroxyl groups excluding tert-OH is 1. The van der Waals surface area contributed by atoms with Gasteiger partial charge in [0.2, 0.25) is 0 Å². The summed E-state index contributed by atoms with van der Waals surface area (Å²) in [5, 5.41) is 12.5. The van der Waals surface area contributed by atoms with Crippen LogP contribution in [0.1, 0.15) is 58.4 Å². The molecule has 4 atom stereocenters. The molecule has 1 aromatic heterocycles. The molecule has 1 aliphatic rings. The van der Waals surface area contributed by atoms with Gasteiger partial charge in [0.25, 0.3) is 5.91 Å². The molecule has 7 nitrogen and oxygen atoms in total. The van der Waals surface area contributed by atoms with Gasteiger partial charge in [-0.2, -0.15) is 0 Å². The molecule has 0 spiro atoms. The third-order valence-corrected chi connectivity index (χ3v) is 6.93. The summed E-state index contributed by atoms with van der Waals surface area (Å²) in [6.07, 6.45) is 0.207. The molecule has 0 unspecified atom stereocenters. The third kappa shape index (κ3) is 5.71. The lowest BCUT2D eigenvalue weighted by atomic mass is 9.84. The Morgan fingerprint density at radius 2 is 2.06 bits per heavy atom. The number of carbonyl (C=O) groups excluding carboxylic acids is 1. The number of aromatic nitrogens is 2. The highest BCUT2D eigenvalue weighted by molar-refractivity contribution is 9.10. The molecule has 0 saturated heterocycles. The summed E-state index contributed by atoms with van der Waals surface area (Å²) in [6.45, 7) is 2.07. The minimum absolute atomic E-state index is 0.0937. The van der Waals surface area contributed by atoms with Crippen LogP contribution in [0.4, 0.5) is 14.6 Å². The molecule has 6 N–H and O–H groups in total. The van der Waals surface area contributed by atoms with E-state index in [0.29, 0.717) is 24.1 Å². The summed E-state index contributed by atoms with van der Waals surface area (Å²) >= 11 is 3.44. The molecule has 36 heavy (non-hydrogen) atoms. The first-order chi connectivity index (χ1) is 17.2. The third-order valence-electron chi connectivity index (χ3n) is 6.47. The number of carbonyl (C=O) groups is 1. The van der Waals surface area contributed by atoms with Crippen LogP contribution < -0.4 is 16.8 Å². The molecule has 1 aliphatic carbocycles. The van der Waals surface area contributed by atoms with Gasteiger partial charge in [-0.3, -0.25) is 4.79 Å². The van der Waals surface area contributed by atoms with Crippen LogP contribution in [0.2, 0.25) is 0 Å². The second-order valence-electron chi connectivity index (χ2n) is 9.14. The predicted octanol–water partition coefficient (Wildman–Crippen LogP) is 4.33. The smallest absolute Gasteiger partial charge is 0.254 e. The van der Waals surface area contributed by atoms with Crippen molar-refractivity contribution in [1.29, 1.82) is 0 Å². The first-order valence-corrected chi connectivity index (χ1v) is 12.5. The number of amides is 1. The van der Waals surface area contributed by atoms with Gasteiger partial charge in [0.05, 0.1) is 29.6 Å². The van der Waals surface area contributed by atoms with Crippen LogP contribution in [0.25, 0.3) is 11.3 Å². The number of nitrogens with zero attached hydrogens (tertiary/aromatic N) is 2. The van der Waals surface area contributed by atoms with Crippen molar-refractivity contribution in [3.8, 4) is 11.3 Å². The Morgan fingerprint density at radius 1 is 1.28 bits per heavy atom. The van der Waals surface area contributed by atoms with Gasteiger partial charge < -0.3 is 21.9 Å². The summed E-state index contributed by atoms with van der Waals surface area (Å²) in [5.74, 6) is -1.48. The lowest BCUT2D eigenvalue weighted by Crippen LogP contribution is -2.34. The lowest BCUT2D eigenvalue weighted by Gasteiger charge is -2.28. The minimum Gasteiger partial charge on any atom is -0.390 e. The zero-order chi connectivity index (χ0) is 26.0. The maximum Gasteiger partial charge on any atom is 0.254 e. The van der Waals surface area contributed by atoms with Crippen molar-refractivity contribution >= 4 is 27.7 Å². The maximum atomic E-state index is 15.1. The van der Waals surface area contributed by atoms with E-state index >= 15 is 4.39 Å². The Kier molecular flexibility index (Phi) is 7.97. The Morgan fingerprint density at radius 3 is 2.72 bits per heavy atom. The molecule has 2 aromatic carbocycles. The molecule has 0 radical (unpaired) electrons. The quantitative estimate of drug-likeness (QED) is 0.356. The molecule has 0 aliphatic heterocycles. The van der Waals surface area contributed by atoms with E-state index < -0.39 is 30.0 Å². The van der Waals surface area contributed by atoms with E-state index in [9.17, 15) is 14.3 Å². The number of halogens is 3. The lowest BCUT2D eigenvalue weighted by molar-refractivity contribution is 0.0363. The number of alkyl halides is 1. The fourth-order valence-electron chi connectivity index (χ4n) is 4.52. The average molecular weight is 560 g/mol. The maximum absolute atomic E-state index is 15.1. The van der Waals surface area contributed by atoms with E-state index in [1.807, 2.05) is 25.1 Å². The molecule has 10 heteroatoms. The standard InChI is InChI=1S/C26H28BrF2N5O2/c1-13-6-16(8-17(27)7-13)21(11-30)34-26(36)18-4-2-15(10-19(18)28)24-25(31)32-12-22(33-24)14-3-5-23(35)20(29)9-14/h2,4,6-8,10,12,14,20-21,23,35H,3,5,9,11,30H2,1H3,(H2,31,32)(H,34,36)/t14-,20-,21-,23-/m1/s1. The number of aliphatic hydroxyl groups is 1. The number of nitrogen functional groups attached to an aromatic ring is 1. The molecule has 4 rings (SSSR count). The van der Waals surface area contributed by atoms with Gasteiger partial charge in [0, 0.05) is 22.5 Å². The Bertz CT molecular complexity index is 1250. The van der Waals surface area contributed by atoms with Gasteiger partial charge >= 0.3 is 0 Å². The number of anilines is 1. The van der Waals surface area contributed by atoms with Crippen molar-refractivity contribution in [1.82, 2.24) is 15.3 Å². The second kappa shape index (κ2) is 11.0. The van der Waals surface area contributed by atoms with Crippen LogP contribution >= 0.6 is 15.9 Å². The Balaban J connectivity index is 1.56. The van der Waals surface area contributed by atoms with E-state index in [-0.39, 0.29) is 36.0 Å². The van der Waals surface area contributed by atoms with Crippen molar-refractivity contribution in [3.05, 3.63) is 75.3 Å². The highest BCUT2D eigenvalue weighted by Crippen LogP contribution is 2.35. The topological polar surface area (TPSA) is 127 Å². The summed E-state index contributed by atoms with van der Waals surface area (Å²) in [7, 11) is 0. The van der Waals surface area contributed by atoms with Crippen LogP contribution in [0.5, 0.6) is 0 Å². The summed E-state index contributed by atoms with van der Waals surface area (Å²) < 4.78 is 30.0. The summed E-state index contributed by atoms with van der Waals surface area (Å²) in [6, 6.07) is 9.30.